The first-order valence-electron chi connectivity index (χ1n) is 7.44. The summed E-state index contributed by atoms with van der Waals surface area (Å²) < 4.78 is 5.62. The highest BCUT2D eigenvalue weighted by molar-refractivity contribution is 6.31. The Balaban J connectivity index is 2.43. The fraction of sp³-hybridized carbons (Fsp3) is 0.688. The van der Waals surface area contributed by atoms with E-state index in [0.717, 1.165) is 18.5 Å². The van der Waals surface area contributed by atoms with Crippen LogP contribution in [0.3, 0.4) is 0 Å². The van der Waals surface area contributed by atoms with Gasteiger partial charge >= 0.3 is 0 Å². The molecule has 0 saturated carbocycles. The molecule has 0 bridgehead atoms. The smallest absolute Gasteiger partial charge is 0.232 e. The summed E-state index contributed by atoms with van der Waals surface area (Å²) in [4.78, 5) is 4.30. The lowest BCUT2D eigenvalue weighted by atomic mass is 10.1. The van der Waals surface area contributed by atoms with E-state index in [0.29, 0.717) is 17.5 Å². The van der Waals surface area contributed by atoms with Crippen molar-refractivity contribution in [3.05, 3.63) is 22.8 Å². The molecule has 20 heavy (non-hydrogen) atoms. The second-order valence-corrected chi connectivity index (χ2v) is 6.55. The molecule has 3 nitrogen and oxygen atoms in total. The molecule has 0 radical (unpaired) electrons. The number of hydrogen-bond donors (Lipinski definition) is 1. The van der Waals surface area contributed by atoms with Gasteiger partial charge in [-0.05, 0) is 38.8 Å². The lowest BCUT2D eigenvalue weighted by molar-refractivity contribution is 0.294. The third kappa shape index (κ3) is 7.11. The van der Waals surface area contributed by atoms with Gasteiger partial charge in [-0.25, -0.2) is 4.98 Å². The maximum Gasteiger partial charge on any atom is 0.232 e. The van der Waals surface area contributed by atoms with Crippen molar-refractivity contribution in [1.82, 2.24) is 10.3 Å². The van der Waals surface area contributed by atoms with Gasteiger partial charge in [0.2, 0.25) is 5.88 Å². The number of unbranched alkanes of at least 4 members (excludes halogenated alkanes) is 3. The Morgan fingerprint density at radius 2 is 2.00 bits per heavy atom. The summed E-state index contributed by atoms with van der Waals surface area (Å²) in [6.45, 7) is 10.0. The predicted molar refractivity (Wildman–Crippen MR) is 85.5 cm³/mol. The van der Waals surface area contributed by atoms with Crippen LogP contribution in [-0.2, 0) is 6.54 Å². The Labute approximate surface area is 128 Å². The molecule has 0 amide bonds. The van der Waals surface area contributed by atoms with Crippen molar-refractivity contribution in [3.63, 3.8) is 0 Å². The SMILES string of the molecule is CCCCCCOc1ncc(CNC(C)(C)C)cc1Cl. The van der Waals surface area contributed by atoms with Gasteiger partial charge in [0.05, 0.1) is 6.61 Å². The summed E-state index contributed by atoms with van der Waals surface area (Å²) in [5, 5.41) is 4.00. The molecule has 1 aromatic heterocycles. The van der Waals surface area contributed by atoms with E-state index >= 15 is 0 Å². The van der Waals surface area contributed by atoms with E-state index in [1.165, 1.54) is 19.3 Å². The summed E-state index contributed by atoms with van der Waals surface area (Å²) in [6.07, 6.45) is 6.56. The largest absolute Gasteiger partial charge is 0.477 e. The molecule has 1 aromatic rings. The first-order valence-corrected chi connectivity index (χ1v) is 7.82. The van der Waals surface area contributed by atoms with E-state index in [1.807, 2.05) is 12.3 Å². The molecule has 0 aliphatic heterocycles. The van der Waals surface area contributed by atoms with E-state index in [-0.39, 0.29) is 5.54 Å². The van der Waals surface area contributed by atoms with Crippen molar-refractivity contribution in [2.75, 3.05) is 6.61 Å². The van der Waals surface area contributed by atoms with Crippen LogP contribution in [-0.4, -0.2) is 17.1 Å². The van der Waals surface area contributed by atoms with Crippen LogP contribution >= 0.6 is 11.6 Å². The Morgan fingerprint density at radius 1 is 1.25 bits per heavy atom. The fourth-order valence-electron chi connectivity index (χ4n) is 1.73. The lowest BCUT2D eigenvalue weighted by Gasteiger charge is -2.20. The van der Waals surface area contributed by atoms with Crippen molar-refractivity contribution < 1.29 is 4.74 Å². The molecule has 0 unspecified atom stereocenters. The van der Waals surface area contributed by atoms with Crippen molar-refractivity contribution in [3.8, 4) is 5.88 Å². The van der Waals surface area contributed by atoms with Crippen LogP contribution in [0.25, 0.3) is 0 Å². The molecule has 0 atom stereocenters. The van der Waals surface area contributed by atoms with Gasteiger partial charge < -0.3 is 10.1 Å². The molecule has 114 valence electrons. The van der Waals surface area contributed by atoms with Gasteiger partial charge in [-0.15, -0.1) is 0 Å². The Morgan fingerprint density at radius 3 is 2.60 bits per heavy atom. The summed E-state index contributed by atoms with van der Waals surface area (Å²) >= 11 is 6.20. The molecule has 0 aromatic carbocycles. The minimum absolute atomic E-state index is 0.0843. The zero-order chi connectivity index (χ0) is 15.0. The topological polar surface area (TPSA) is 34.1 Å². The summed E-state index contributed by atoms with van der Waals surface area (Å²) in [6, 6.07) is 1.93. The highest BCUT2D eigenvalue weighted by Crippen LogP contribution is 2.23. The predicted octanol–water partition coefficient (Wildman–Crippen LogP) is 4.58. The summed E-state index contributed by atoms with van der Waals surface area (Å²) in [7, 11) is 0. The standard InChI is InChI=1S/C16H27ClN2O/c1-5-6-7-8-9-20-15-14(17)10-13(11-18-15)12-19-16(2,3)4/h10-11,19H,5-9,12H2,1-4H3. The van der Waals surface area contributed by atoms with Crippen molar-refractivity contribution >= 4 is 11.6 Å². The number of hydrogen-bond acceptors (Lipinski definition) is 3. The molecular formula is C16H27ClN2O. The highest BCUT2D eigenvalue weighted by Gasteiger charge is 2.10. The number of pyridine rings is 1. The average molecular weight is 299 g/mol. The molecule has 0 aliphatic carbocycles. The van der Waals surface area contributed by atoms with Gasteiger partial charge in [-0.1, -0.05) is 37.8 Å². The first kappa shape index (κ1) is 17.3. The maximum atomic E-state index is 6.20. The van der Waals surface area contributed by atoms with Gasteiger partial charge in [0.25, 0.3) is 0 Å². The van der Waals surface area contributed by atoms with Crippen LogP contribution in [0, 0.1) is 0 Å². The van der Waals surface area contributed by atoms with Gasteiger partial charge in [0.1, 0.15) is 5.02 Å². The zero-order valence-electron chi connectivity index (χ0n) is 13.1. The molecule has 0 saturated heterocycles. The third-order valence-electron chi connectivity index (χ3n) is 2.92. The van der Waals surface area contributed by atoms with Gasteiger partial charge in [0.15, 0.2) is 0 Å². The summed E-state index contributed by atoms with van der Waals surface area (Å²) in [5.74, 6) is 0.544. The highest BCUT2D eigenvalue weighted by atomic mass is 35.5. The molecular weight excluding hydrogens is 272 g/mol. The van der Waals surface area contributed by atoms with Crippen LogP contribution in [0.15, 0.2) is 12.3 Å². The van der Waals surface area contributed by atoms with Gasteiger partial charge in [0, 0.05) is 18.3 Å². The Hall–Kier alpha value is -0.800. The monoisotopic (exact) mass is 298 g/mol. The van der Waals surface area contributed by atoms with Gasteiger partial charge in [-0.3, -0.25) is 0 Å². The maximum absolute atomic E-state index is 6.20. The molecule has 0 fully saturated rings. The van der Waals surface area contributed by atoms with E-state index < -0.39 is 0 Å². The van der Waals surface area contributed by atoms with Crippen LogP contribution < -0.4 is 10.1 Å². The van der Waals surface area contributed by atoms with Crippen molar-refractivity contribution in [2.24, 2.45) is 0 Å². The van der Waals surface area contributed by atoms with E-state index in [1.54, 1.807) is 0 Å². The van der Waals surface area contributed by atoms with Crippen molar-refractivity contribution in [1.29, 1.82) is 0 Å². The molecule has 1 rings (SSSR count). The molecule has 1 N–H and O–H groups in total. The van der Waals surface area contributed by atoms with Crippen LogP contribution in [0.1, 0.15) is 58.9 Å². The third-order valence-corrected chi connectivity index (χ3v) is 3.19. The molecule has 1 heterocycles. The second kappa shape index (κ2) is 8.48. The normalized spacial score (nSPS) is 11.7. The van der Waals surface area contributed by atoms with Crippen LogP contribution in [0.4, 0.5) is 0 Å². The van der Waals surface area contributed by atoms with Crippen molar-refractivity contribution in [2.45, 2.75) is 65.5 Å². The number of nitrogens with zero attached hydrogens (tertiary/aromatic N) is 1. The van der Waals surface area contributed by atoms with E-state index in [2.05, 4.69) is 38.0 Å². The lowest BCUT2D eigenvalue weighted by Crippen LogP contribution is -2.35. The van der Waals surface area contributed by atoms with E-state index in [9.17, 15) is 0 Å². The average Bonchev–Trinajstić information content (AvgIpc) is 2.37. The molecule has 0 aliphatic rings. The number of halogens is 1. The fourth-order valence-corrected chi connectivity index (χ4v) is 1.98. The minimum Gasteiger partial charge on any atom is -0.477 e. The first-order chi connectivity index (χ1) is 9.42. The Kier molecular flexibility index (Phi) is 7.31. The van der Waals surface area contributed by atoms with Crippen LogP contribution in [0.2, 0.25) is 5.02 Å². The molecule has 0 spiro atoms. The number of rotatable bonds is 8. The minimum atomic E-state index is 0.0843. The number of aromatic nitrogens is 1. The second-order valence-electron chi connectivity index (χ2n) is 6.14. The Bertz CT molecular complexity index is 402. The van der Waals surface area contributed by atoms with Gasteiger partial charge in [-0.2, -0.15) is 0 Å². The summed E-state index contributed by atoms with van der Waals surface area (Å²) in [5.41, 5.74) is 1.16. The van der Waals surface area contributed by atoms with E-state index in [4.69, 9.17) is 16.3 Å². The van der Waals surface area contributed by atoms with Crippen LogP contribution in [0.5, 0.6) is 5.88 Å². The number of ether oxygens (including phenoxy) is 1. The molecule has 4 heteroatoms. The zero-order valence-corrected chi connectivity index (χ0v) is 13.9. The quantitative estimate of drug-likeness (QED) is 0.713. The number of nitrogens with one attached hydrogen (secondary N) is 1.